The van der Waals surface area contributed by atoms with E-state index >= 15 is 0 Å². The SMILES string of the molecule is CCC1(Nc2nc(C(=O)OC)c(C(C)=O)s2)CCC1. The van der Waals surface area contributed by atoms with Crippen LogP contribution in [0.4, 0.5) is 5.13 Å². The van der Waals surface area contributed by atoms with Crippen molar-refractivity contribution in [3.8, 4) is 0 Å². The fraction of sp³-hybridized carbons (Fsp3) is 0.615. The summed E-state index contributed by atoms with van der Waals surface area (Å²) in [4.78, 5) is 27.8. The zero-order valence-electron chi connectivity index (χ0n) is 11.4. The van der Waals surface area contributed by atoms with Gasteiger partial charge in [-0.25, -0.2) is 9.78 Å². The zero-order valence-corrected chi connectivity index (χ0v) is 12.2. The molecule has 1 aromatic rings. The van der Waals surface area contributed by atoms with Gasteiger partial charge in [0.25, 0.3) is 0 Å². The van der Waals surface area contributed by atoms with Crippen LogP contribution in [0.15, 0.2) is 0 Å². The van der Waals surface area contributed by atoms with E-state index in [9.17, 15) is 9.59 Å². The third kappa shape index (κ3) is 2.63. The number of esters is 1. The highest BCUT2D eigenvalue weighted by molar-refractivity contribution is 7.17. The molecule has 0 amide bonds. The maximum Gasteiger partial charge on any atom is 0.358 e. The summed E-state index contributed by atoms with van der Waals surface area (Å²) in [6, 6.07) is 0. The van der Waals surface area contributed by atoms with Crippen LogP contribution >= 0.6 is 11.3 Å². The van der Waals surface area contributed by atoms with E-state index in [1.54, 1.807) is 0 Å². The maximum atomic E-state index is 11.6. The Hall–Kier alpha value is -1.43. The fourth-order valence-corrected chi connectivity index (χ4v) is 3.21. The first-order valence-corrected chi connectivity index (χ1v) is 7.21. The number of carbonyl (C=O) groups excluding carboxylic acids is 2. The molecule has 6 heteroatoms. The molecule has 0 saturated heterocycles. The Balaban J connectivity index is 2.27. The molecule has 0 radical (unpaired) electrons. The Morgan fingerprint density at radius 1 is 1.47 bits per heavy atom. The van der Waals surface area contributed by atoms with Crippen molar-refractivity contribution in [3.05, 3.63) is 10.6 Å². The lowest BCUT2D eigenvalue weighted by molar-refractivity contribution is 0.0591. The molecule has 1 fully saturated rings. The van der Waals surface area contributed by atoms with Crippen molar-refractivity contribution in [2.75, 3.05) is 12.4 Å². The molecule has 1 saturated carbocycles. The molecule has 19 heavy (non-hydrogen) atoms. The number of ketones is 1. The second kappa shape index (κ2) is 5.28. The smallest absolute Gasteiger partial charge is 0.358 e. The summed E-state index contributed by atoms with van der Waals surface area (Å²) in [6.07, 6.45) is 4.42. The maximum absolute atomic E-state index is 11.6. The molecular weight excluding hydrogens is 264 g/mol. The van der Waals surface area contributed by atoms with Gasteiger partial charge in [-0.2, -0.15) is 0 Å². The molecule has 104 valence electrons. The van der Waals surface area contributed by atoms with Crippen molar-refractivity contribution in [1.29, 1.82) is 0 Å². The quantitative estimate of drug-likeness (QED) is 0.664. The number of aromatic nitrogens is 1. The van der Waals surface area contributed by atoms with Gasteiger partial charge < -0.3 is 10.1 Å². The highest BCUT2D eigenvalue weighted by Crippen LogP contribution is 2.39. The Morgan fingerprint density at radius 2 is 2.16 bits per heavy atom. The number of nitrogens with zero attached hydrogens (tertiary/aromatic N) is 1. The molecule has 1 aliphatic carbocycles. The van der Waals surface area contributed by atoms with Gasteiger partial charge >= 0.3 is 5.97 Å². The molecule has 5 nitrogen and oxygen atoms in total. The van der Waals surface area contributed by atoms with Crippen LogP contribution in [0.2, 0.25) is 0 Å². The Kier molecular flexibility index (Phi) is 3.89. The molecule has 1 aromatic heterocycles. The minimum atomic E-state index is -0.561. The summed E-state index contributed by atoms with van der Waals surface area (Å²) in [5.41, 5.74) is 0.201. The Bertz CT molecular complexity index is 500. The number of Topliss-reactive ketones (excluding diaryl/α,β-unsaturated/α-hetero) is 1. The van der Waals surface area contributed by atoms with E-state index in [-0.39, 0.29) is 17.0 Å². The topological polar surface area (TPSA) is 68.3 Å². The van der Waals surface area contributed by atoms with Gasteiger partial charge in [-0.3, -0.25) is 4.79 Å². The van der Waals surface area contributed by atoms with Crippen LogP contribution in [-0.4, -0.2) is 29.4 Å². The number of nitrogens with one attached hydrogen (secondary N) is 1. The summed E-state index contributed by atoms with van der Waals surface area (Å²) in [7, 11) is 1.29. The minimum absolute atomic E-state index is 0.0826. The van der Waals surface area contributed by atoms with Gasteiger partial charge in [-0.1, -0.05) is 18.3 Å². The average Bonchev–Trinajstić information content (AvgIpc) is 2.77. The van der Waals surface area contributed by atoms with E-state index < -0.39 is 5.97 Å². The van der Waals surface area contributed by atoms with Crippen LogP contribution in [0.1, 0.15) is 59.7 Å². The van der Waals surface area contributed by atoms with Crippen molar-refractivity contribution < 1.29 is 14.3 Å². The van der Waals surface area contributed by atoms with Crippen LogP contribution in [0, 0.1) is 0 Å². The van der Waals surface area contributed by atoms with Crippen molar-refractivity contribution in [1.82, 2.24) is 4.98 Å². The van der Waals surface area contributed by atoms with Gasteiger partial charge in [-0.15, -0.1) is 0 Å². The lowest BCUT2D eigenvalue weighted by Crippen LogP contribution is -2.44. The van der Waals surface area contributed by atoms with Gasteiger partial charge in [0.15, 0.2) is 16.6 Å². The fourth-order valence-electron chi connectivity index (χ4n) is 2.24. The van der Waals surface area contributed by atoms with E-state index in [1.807, 2.05) is 0 Å². The summed E-state index contributed by atoms with van der Waals surface area (Å²) >= 11 is 1.23. The van der Waals surface area contributed by atoms with Gasteiger partial charge in [0.05, 0.1) is 7.11 Å². The monoisotopic (exact) mass is 282 g/mol. The van der Waals surface area contributed by atoms with Gasteiger partial charge in [0, 0.05) is 12.5 Å². The third-order valence-electron chi connectivity index (χ3n) is 3.69. The van der Waals surface area contributed by atoms with Crippen LogP contribution in [0.5, 0.6) is 0 Å². The highest BCUT2D eigenvalue weighted by Gasteiger charge is 2.36. The molecule has 0 aromatic carbocycles. The number of hydrogen-bond acceptors (Lipinski definition) is 6. The molecule has 2 rings (SSSR count). The highest BCUT2D eigenvalue weighted by atomic mass is 32.1. The molecule has 0 bridgehead atoms. The molecule has 0 atom stereocenters. The van der Waals surface area contributed by atoms with E-state index in [1.165, 1.54) is 31.8 Å². The lowest BCUT2D eigenvalue weighted by atomic mass is 9.75. The molecule has 1 heterocycles. The summed E-state index contributed by atoms with van der Waals surface area (Å²) in [5, 5.41) is 4.02. The predicted molar refractivity (Wildman–Crippen MR) is 74.0 cm³/mol. The number of ether oxygens (including phenoxy) is 1. The number of carbonyl (C=O) groups is 2. The first-order valence-electron chi connectivity index (χ1n) is 6.39. The van der Waals surface area contributed by atoms with Crippen LogP contribution in [0.25, 0.3) is 0 Å². The largest absolute Gasteiger partial charge is 0.464 e. The standard InChI is InChI=1S/C13H18N2O3S/c1-4-13(6-5-7-13)15-12-14-9(11(17)18-3)10(19-12)8(2)16/h4-7H2,1-3H3,(H,14,15). The first-order chi connectivity index (χ1) is 9.01. The Morgan fingerprint density at radius 3 is 2.58 bits per heavy atom. The van der Waals surface area contributed by atoms with Gasteiger partial charge in [0.1, 0.15) is 4.88 Å². The van der Waals surface area contributed by atoms with E-state index in [4.69, 9.17) is 0 Å². The summed E-state index contributed by atoms with van der Waals surface area (Å²) < 4.78 is 4.66. The van der Waals surface area contributed by atoms with Crippen molar-refractivity contribution in [2.45, 2.75) is 45.1 Å². The van der Waals surface area contributed by atoms with Crippen LogP contribution in [0.3, 0.4) is 0 Å². The second-order valence-corrected chi connectivity index (χ2v) is 5.86. The number of methoxy groups -OCH3 is 1. The molecule has 1 aliphatic rings. The second-order valence-electron chi connectivity index (χ2n) is 4.86. The third-order valence-corrected chi connectivity index (χ3v) is 4.76. The predicted octanol–water partition coefficient (Wildman–Crippen LogP) is 2.88. The van der Waals surface area contributed by atoms with Gasteiger partial charge in [-0.05, 0) is 25.7 Å². The van der Waals surface area contributed by atoms with Gasteiger partial charge in [0.2, 0.25) is 0 Å². The average molecular weight is 282 g/mol. The summed E-state index contributed by atoms with van der Waals surface area (Å²) in [5.74, 6) is -0.723. The van der Waals surface area contributed by atoms with Crippen LogP contribution < -0.4 is 5.32 Å². The van der Waals surface area contributed by atoms with Crippen LogP contribution in [-0.2, 0) is 4.74 Å². The number of thiazole rings is 1. The Labute approximate surface area is 116 Å². The lowest BCUT2D eigenvalue weighted by Gasteiger charge is -2.41. The normalized spacial score (nSPS) is 16.6. The minimum Gasteiger partial charge on any atom is -0.464 e. The molecule has 0 spiro atoms. The van der Waals surface area contributed by atoms with E-state index in [0.29, 0.717) is 10.0 Å². The molecule has 0 unspecified atom stereocenters. The molecule has 0 aliphatic heterocycles. The van der Waals surface area contributed by atoms with Crippen molar-refractivity contribution in [3.63, 3.8) is 0 Å². The first kappa shape index (κ1) is 14.0. The number of rotatable bonds is 5. The van der Waals surface area contributed by atoms with E-state index in [2.05, 4.69) is 22.0 Å². The van der Waals surface area contributed by atoms with Crippen molar-refractivity contribution >= 4 is 28.2 Å². The zero-order chi connectivity index (χ0) is 14.0. The molecular formula is C13H18N2O3S. The van der Waals surface area contributed by atoms with Crippen molar-refractivity contribution in [2.24, 2.45) is 0 Å². The molecule has 1 N–H and O–H groups in total. The summed E-state index contributed by atoms with van der Waals surface area (Å²) in [6.45, 7) is 3.57. The van der Waals surface area contributed by atoms with E-state index in [0.717, 1.165) is 19.3 Å². The number of anilines is 1. The number of hydrogen-bond donors (Lipinski definition) is 1.